The number of hydrogen-bond acceptors (Lipinski definition) is 3. The zero-order valence-electron chi connectivity index (χ0n) is 15.1. The van der Waals surface area contributed by atoms with Crippen molar-refractivity contribution in [1.29, 1.82) is 0 Å². The van der Waals surface area contributed by atoms with Gasteiger partial charge in [0.25, 0.3) is 5.91 Å². The van der Waals surface area contributed by atoms with Gasteiger partial charge in [0.05, 0.1) is 17.7 Å². The molecular weight excluding hydrogens is 338 g/mol. The lowest BCUT2D eigenvalue weighted by molar-refractivity contribution is 0.102. The largest absolute Gasteiger partial charge is 0.322 e. The van der Waals surface area contributed by atoms with Gasteiger partial charge in [-0.1, -0.05) is 0 Å². The van der Waals surface area contributed by atoms with Gasteiger partial charge in [0.15, 0.2) is 0 Å². The predicted molar refractivity (Wildman–Crippen MR) is 105 cm³/mol. The summed E-state index contributed by atoms with van der Waals surface area (Å²) in [5.41, 5.74) is 5.28. The molecule has 0 aliphatic carbocycles. The van der Waals surface area contributed by atoms with Crippen LogP contribution in [-0.4, -0.2) is 25.2 Å². The molecule has 4 aromatic rings. The molecule has 0 aliphatic rings. The smallest absolute Gasteiger partial charge is 0.255 e. The van der Waals surface area contributed by atoms with E-state index in [1.165, 1.54) is 0 Å². The topological polar surface area (TPSA) is 64.7 Å². The fraction of sp³-hybridized carbons (Fsp3) is 0.0952. The third kappa shape index (κ3) is 3.50. The van der Waals surface area contributed by atoms with Gasteiger partial charge < -0.3 is 9.88 Å². The van der Waals surface area contributed by atoms with Crippen molar-refractivity contribution in [2.24, 2.45) is 0 Å². The Labute approximate surface area is 157 Å². The quantitative estimate of drug-likeness (QED) is 0.602. The molecule has 0 atom stereocenters. The number of amides is 1. The van der Waals surface area contributed by atoms with Crippen molar-refractivity contribution in [3.05, 3.63) is 90.3 Å². The van der Waals surface area contributed by atoms with Crippen LogP contribution in [0.1, 0.15) is 21.7 Å². The number of carbonyl (C=O) groups excluding carboxylic acids is 1. The Morgan fingerprint density at radius 3 is 2.26 bits per heavy atom. The van der Waals surface area contributed by atoms with Gasteiger partial charge in [-0.3, -0.25) is 4.79 Å². The minimum absolute atomic E-state index is 0.148. The van der Waals surface area contributed by atoms with Gasteiger partial charge in [-0.05, 0) is 68.4 Å². The average Bonchev–Trinajstić information content (AvgIpc) is 3.32. The highest BCUT2D eigenvalue weighted by molar-refractivity contribution is 6.04. The molecule has 134 valence electrons. The molecule has 0 saturated carbocycles. The summed E-state index contributed by atoms with van der Waals surface area (Å²) in [6.45, 7) is 3.97. The number of rotatable bonds is 4. The summed E-state index contributed by atoms with van der Waals surface area (Å²) in [7, 11) is 0. The van der Waals surface area contributed by atoms with Gasteiger partial charge in [-0.25, -0.2) is 9.67 Å². The molecule has 0 radical (unpaired) electrons. The van der Waals surface area contributed by atoms with E-state index in [2.05, 4.69) is 15.4 Å². The third-order valence-corrected chi connectivity index (χ3v) is 4.31. The molecular formula is C21H19N5O. The van der Waals surface area contributed by atoms with Crippen LogP contribution in [0.15, 0.2) is 73.3 Å². The van der Waals surface area contributed by atoms with Gasteiger partial charge in [-0.2, -0.15) is 5.10 Å². The van der Waals surface area contributed by atoms with E-state index in [0.717, 1.165) is 28.5 Å². The van der Waals surface area contributed by atoms with Crippen molar-refractivity contribution in [2.75, 3.05) is 5.32 Å². The number of hydrogen-bond donors (Lipinski definition) is 1. The van der Waals surface area contributed by atoms with Crippen molar-refractivity contribution in [2.45, 2.75) is 13.8 Å². The SMILES string of the molecule is Cc1cc(C)n(-c2ccc(C(=O)Nc3ccc(-n4ccnc4)cc3)cc2)n1. The molecule has 27 heavy (non-hydrogen) atoms. The number of anilines is 1. The van der Waals surface area contributed by atoms with Crippen molar-refractivity contribution in [3.63, 3.8) is 0 Å². The second-order valence-corrected chi connectivity index (χ2v) is 6.36. The van der Waals surface area contributed by atoms with Crippen LogP contribution in [0.4, 0.5) is 5.69 Å². The Morgan fingerprint density at radius 1 is 0.963 bits per heavy atom. The van der Waals surface area contributed by atoms with Crippen LogP contribution in [0.2, 0.25) is 0 Å². The molecule has 0 spiro atoms. The highest BCUT2D eigenvalue weighted by atomic mass is 16.1. The third-order valence-electron chi connectivity index (χ3n) is 4.31. The first-order chi connectivity index (χ1) is 13.1. The molecule has 0 saturated heterocycles. The number of carbonyl (C=O) groups is 1. The molecule has 0 aliphatic heterocycles. The van der Waals surface area contributed by atoms with E-state index in [-0.39, 0.29) is 5.91 Å². The van der Waals surface area contributed by atoms with E-state index in [4.69, 9.17) is 0 Å². The normalized spacial score (nSPS) is 10.7. The molecule has 0 unspecified atom stereocenters. The van der Waals surface area contributed by atoms with Gasteiger partial charge >= 0.3 is 0 Å². The molecule has 6 nitrogen and oxygen atoms in total. The second kappa shape index (κ2) is 6.92. The molecule has 4 rings (SSSR count). The highest BCUT2D eigenvalue weighted by Gasteiger charge is 2.08. The van der Waals surface area contributed by atoms with Crippen LogP contribution in [0.25, 0.3) is 11.4 Å². The summed E-state index contributed by atoms with van der Waals surface area (Å²) in [6.07, 6.45) is 5.33. The Bertz CT molecular complexity index is 1060. The molecule has 2 aromatic heterocycles. The fourth-order valence-electron chi connectivity index (χ4n) is 2.98. The maximum atomic E-state index is 12.5. The second-order valence-electron chi connectivity index (χ2n) is 6.36. The molecule has 1 N–H and O–H groups in total. The molecule has 2 aromatic carbocycles. The van der Waals surface area contributed by atoms with E-state index in [1.807, 2.05) is 71.8 Å². The first-order valence-electron chi connectivity index (χ1n) is 8.63. The van der Waals surface area contributed by atoms with E-state index >= 15 is 0 Å². The Hall–Kier alpha value is -3.67. The Balaban J connectivity index is 1.47. The van der Waals surface area contributed by atoms with Crippen molar-refractivity contribution in [3.8, 4) is 11.4 Å². The number of nitrogens with zero attached hydrogens (tertiary/aromatic N) is 4. The first-order valence-corrected chi connectivity index (χ1v) is 8.63. The van der Waals surface area contributed by atoms with Crippen LogP contribution in [0.3, 0.4) is 0 Å². The standard InChI is InChI=1S/C21H19N5O/c1-15-13-16(2)26(24-15)20-7-3-17(4-8-20)21(27)23-18-5-9-19(10-6-18)25-12-11-22-14-25/h3-14H,1-2H3,(H,23,27). The fourth-order valence-corrected chi connectivity index (χ4v) is 2.98. The monoisotopic (exact) mass is 357 g/mol. The summed E-state index contributed by atoms with van der Waals surface area (Å²) >= 11 is 0. The van der Waals surface area contributed by atoms with E-state index in [0.29, 0.717) is 5.56 Å². The first kappa shape index (κ1) is 16.8. The number of aryl methyl sites for hydroxylation is 2. The molecule has 6 heteroatoms. The van der Waals surface area contributed by atoms with Crippen molar-refractivity contribution >= 4 is 11.6 Å². The summed E-state index contributed by atoms with van der Waals surface area (Å²) in [5, 5.41) is 7.38. The average molecular weight is 357 g/mol. The van der Waals surface area contributed by atoms with Gasteiger partial charge in [0, 0.05) is 35.0 Å². The van der Waals surface area contributed by atoms with Crippen molar-refractivity contribution in [1.82, 2.24) is 19.3 Å². The molecule has 2 heterocycles. The lowest BCUT2D eigenvalue weighted by Gasteiger charge is -2.08. The van der Waals surface area contributed by atoms with Gasteiger partial charge in [0.2, 0.25) is 0 Å². The lowest BCUT2D eigenvalue weighted by atomic mass is 10.2. The number of benzene rings is 2. The van der Waals surface area contributed by atoms with Crippen LogP contribution in [-0.2, 0) is 0 Å². The van der Waals surface area contributed by atoms with Gasteiger partial charge in [-0.15, -0.1) is 0 Å². The molecule has 0 fully saturated rings. The maximum absolute atomic E-state index is 12.5. The number of nitrogens with one attached hydrogen (secondary N) is 1. The number of aromatic nitrogens is 4. The van der Waals surface area contributed by atoms with Gasteiger partial charge in [0.1, 0.15) is 0 Å². The summed E-state index contributed by atoms with van der Waals surface area (Å²) in [5.74, 6) is -0.148. The maximum Gasteiger partial charge on any atom is 0.255 e. The zero-order valence-corrected chi connectivity index (χ0v) is 15.1. The van der Waals surface area contributed by atoms with E-state index in [9.17, 15) is 4.79 Å². The zero-order chi connectivity index (χ0) is 18.8. The highest BCUT2D eigenvalue weighted by Crippen LogP contribution is 2.16. The summed E-state index contributed by atoms with van der Waals surface area (Å²) < 4.78 is 3.77. The van der Waals surface area contributed by atoms with E-state index < -0.39 is 0 Å². The Kier molecular flexibility index (Phi) is 4.30. The predicted octanol–water partition coefficient (Wildman–Crippen LogP) is 3.93. The molecule has 0 bridgehead atoms. The minimum atomic E-state index is -0.148. The van der Waals surface area contributed by atoms with Crippen LogP contribution in [0, 0.1) is 13.8 Å². The summed E-state index contributed by atoms with van der Waals surface area (Å²) in [6, 6.07) is 17.0. The van der Waals surface area contributed by atoms with Crippen LogP contribution in [0.5, 0.6) is 0 Å². The van der Waals surface area contributed by atoms with Crippen LogP contribution >= 0.6 is 0 Å². The summed E-state index contributed by atoms with van der Waals surface area (Å²) in [4.78, 5) is 16.5. The lowest BCUT2D eigenvalue weighted by Crippen LogP contribution is -2.12. The van der Waals surface area contributed by atoms with E-state index in [1.54, 1.807) is 24.7 Å². The molecule has 1 amide bonds. The van der Waals surface area contributed by atoms with Crippen LogP contribution < -0.4 is 5.32 Å². The number of imidazole rings is 1. The Morgan fingerprint density at radius 2 is 1.67 bits per heavy atom. The minimum Gasteiger partial charge on any atom is -0.322 e. The van der Waals surface area contributed by atoms with Crippen molar-refractivity contribution < 1.29 is 4.79 Å².